The number of aliphatic imine (C=N–C) groups is 1. The Kier molecular flexibility index (Phi) is 8.55. The molecule has 226 valence electrons. The van der Waals surface area contributed by atoms with Gasteiger partial charge in [-0.15, -0.1) is 0 Å². The number of urea groups is 1. The van der Waals surface area contributed by atoms with E-state index in [1.807, 2.05) is 0 Å². The van der Waals surface area contributed by atoms with Gasteiger partial charge in [0.15, 0.2) is 9.84 Å². The molecule has 0 aromatic heterocycles. The molecule has 1 saturated heterocycles. The molecule has 0 bridgehead atoms. The Bertz CT molecular complexity index is 1530. The summed E-state index contributed by atoms with van der Waals surface area (Å²) in [6, 6.07) is 9.78. The van der Waals surface area contributed by atoms with Gasteiger partial charge in [0.2, 0.25) is 5.91 Å². The molecule has 42 heavy (non-hydrogen) atoms. The first-order chi connectivity index (χ1) is 19.6. The number of nitrogens with zero attached hydrogens (tertiary/aromatic N) is 3. The van der Waals surface area contributed by atoms with Crippen molar-refractivity contribution < 1.29 is 31.2 Å². The molecule has 1 atom stereocenters. The highest BCUT2D eigenvalue weighted by atomic mass is 32.2. The number of hydrogen-bond donors (Lipinski definition) is 4. The van der Waals surface area contributed by atoms with E-state index in [4.69, 9.17) is 5.73 Å². The molecule has 2 aromatic rings. The minimum atomic E-state index is -4.91. The van der Waals surface area contributed by atoms with E-state index in [-0.39, 0.29) is 24.0 Å². The van der Waals surface area contributed by atoms with Gasteiger partial charge in [0.1, 0.15) is 11.1 Å². The zero-order valence-electron chi connectivity index (χ0n) is 23.2. The van der Waals surface area contributed by atoms with Crippen molar-refractivity contribution in [2.75, 3.05) is 25.5 Å². The maximum atomic E-state index is 13.8. The van der Waals surface area contributed by atoms with Crippen molar-refractivity contribution >= 4 is 39.0 Å². The number of allylic oxidation sites excluding steroid dienone is 1. The molecule has 1 aliphatic carbocycles. The normalized spacial score (nSPS) is 19.0. The Hall–Kier alpha value is -4.11. The summed E-state index contributed by atoms with van der Waals surface area (Å²) in [5.41, 5.74) is 5.07. The molecular weight excluding hydrogens is 575 g/mol. The number of amidine groups is 1. The van der Waals surface area contributed by atoms with E-state index in [0.717, 1.165) is 17.1 Å². The van der Waals surface area contributed by atoms with Gasteiger partial charge in [0.25, 0.3) is 0 Å². The number of carbonyl (C=O) groups excluding carboxylic acids is 2. The van der Waals surface area contributed by atoms with Crippen LogP contribution in [0.1, 0.15) is 32.3 Å². The Balaban J connectivity index is 1.78. The molecular formula is C27H32F3N7O4S. The standard InChI is InChI=1S/C27H32F3N7O4S/c1-17(31)13-24(34-20-8-6-7-19(14-20)33-18(2)38)36-15-21(16-37(36)25(39)35-26(32-3)11-12-26)42(40,41)23-10-5-4-9-22(23)27(28,29)30/h4-10,13-14,21,32H,11-12,15-16,31H2,1-3H3,(H,33,38)(H,35,39)/t21-/m0/s1. The highest BCUT2D eigenvalue weighted by Gasteiger charge is 2.49. The zero-order chi connectivity index (χ0) is 30.9. The van der Waals surface area contributed by atoms with E-state index in [1.165, 1.54) is 24.1 Å². The average molecular weight is 608 g/mol. The van der Waals surface area contributed by atoms with Crippen molar-refractivity contribution in [2.45, 2.75) is 48.7 Å². The van der Waals surface area contributed by atoms with Crippen molar-refractivity contribution in [1.82, 2.24) is 20.7 Å². The highest BCUT2D eigenvalue weighted by Crippen LogP contribution is 2.37. The molecule has 0 radical (unpaired) electrons. The van der Waals surface area contributed by atoms with Crippen LogP contribution in [0.15, 0.2) is 70.2 Å². The maximum absolute atomic E-state index is 13.8. The van der Waals surface area contributed by atoms with Gasteiger partial charge in [0, 0.05) is 24.4 Å². The van der Waals surface area contributed by atoms with Crippen LogP contribution >= 0.6 is 0 Å². The second-order valence-electron chi connectivity index (χ2n) is 10.2. The van der Waals surface area contributed by atoms with E-state index in [9.17, 15) is 31.2 Å². The first-order valence-electron chi connectivity index (χ1n) is 13.0. The lowest BCUT2D eigenvalue weighted by Crippen LogP contribution is -2.55. The fourth-order valence-electron chi connectivity index (χ4n) is 4.56. The number of benzene rings is 2. The average Bonchev–Trinajstić information content (AvgIpc) is 3.52. The van der Waals surface area contributed by atoms with Crippen LogP contribution in [0.25, 0.3) is 0 Å². The van der Waals surface area contributed by atoms with Crippen LogP contribution in [-0.4, -0.2) is 67.3 Å². The number of halogens is 3. The van der Waals surface area contributed by atoms with Gasteiger partial charge in [-0.3, -0.25) is 15.1 Å². The summed E-state index contributed by atoms with van der Waals surface area (Å²) in [7, 11) is -2.92. The summed E-state index contributed by atoms with van der Waals surface area (Å²) >= 11 is 0. The van der Waals surface area contributed by atoms with Gasteiger partial charge in [-0.25, -0.2) is 23.2 Å². The summed E-state index contributed by atoms with van der Waals surface area (Å²) < 4.78 is 68.7. The van der Waals surface area contributed by atoms with E-state index in [1.54, 1.807) is 38.2 Å². The fraction of sp³-hybridized carbons (Fsp3) is 0.370. The van der Waals surface area contributed by atoms with Gasteiger partial charge >= 0.3 is 12.2 Å². The number of nitrogens with one attached hydrogen (secondary N) is 3. The molecule has 5 N–H and O–H groups in total. The molecule has 15 heteroatoms. The Labute approximate surface area is 241 Å². The zero-order valence-corrected chi connectivity index (χ0v) is 24.0. The maximum Gasteiger partial charge on any atom is 0.417 e. The largest absolute Gasteiger partial charge is 0.417 e. The SMILES string of the molecule is CNC1(NC(=O)N2C[C@@H](S(=O)(=O)c3ccccc3C(F)(F)F)CN2C(C=C(C)N)=Nc2cccc(NC(C)=O)c2)CC1. The number of sulfone groups is 1. The number of amides is 3. The summed E-state index contributed by atoms with van der Waals surface area (Å²) in [4.78, 5) is 28.8. The molecule has 2 aromatic carbocycles. The molecule has 3 amide bonds. The van der Waals surface area contributed by atoms with Crippen molar-refractivity contribution in [3.8, 4) is 0 Å². The van der Waals surface area contributed by atoms with Crippen molar-refractivity contribution in [3.63, 3.8) is 0 Å². The van der Waals surface area contributed by atoms with Gasteiger partial charge in [-0.1, -0.05) is 18.2 Å². The Morgan fingerprint density at radius 1 is 1.07 bits per heavy atom. The van der Waals surface area contributed by atoms with Crippen LogP contribution < -0.4 is 21.7 Å². The molecule has 0 spiro atoms. The number of carbonyl (C=O) groups is 2. The van der Waals surface area contributed by atoms with Crippen LogP contribution in [0.2, 0.25) is 0 Å². The number of alkyl halides is 3. The number of rotatable bonds is 7. The summed E-state index contributed by atoms with van der Waals surface area (Å²) in [6.45, 7) is 2.08. The summed E-state index contributed by atoms with van der Waals surface area (Å²) in [5.74, 6) is -0.233. The lowest BCUT2D eigenvalue weighted by molar-refractivity contribution is -0.139. The van der Waals surface area contributed by atoms with Gasteiger partial charge in [-0.2, -0.15) is 13.2 Å². The lowest BCUT2D eigenvalue weighted by atomic mass is 10.2. The molecule has 1 saturated carbocycles. The van der Waals surface area contributed by atoms with Gasteiger partial charge < -0.3 is 16.4 Å². The molecule has 2 aliphatic rings. The summed E-state index contributed by atoms with van der Waals surface area (Å²) in [5, 5.41) is 9.48. The predicted octanol–water partition coefficient (Wildman–Crippen LogP) is 3.35. The van der Waals surface area contributed by atoms with Crippen molar-refractivity contribution in [2.24, 2.45) is 10.7 Å². The van der Waals surface area contributed by atoms with E-state index in [2.05, 4.69) is 20.9 Å². The van der Waals surface area contributed by atoms with Crippen LogP contribution in [0, 0.1) is 0 Å². The minimum absolute atomic E-state index is 0.0706. The highest BCUT2D eigenvalue weighted by molar-refractivity contribution is 7.92. The Morgan fingerprint density at radius 2 is 1.74 bits per heavy atom. The molecule has 4 rings (SSSR count). The van der Waals surface area contributed by atoms with Gasteiger partial charge in [0.05, 0.1) is 34.9 Å². The third-order valence-electron chi connectivity index (χ3n) is 6.82. The second-order valence-corrected chi connectivity index (χ2v) is 12.4. The monoisotopic (exact) mass is 607 g/mol. The quantitative estimate of drug-likeness (QED) is 0.214. The molecule has 11 nitrogen and oxygen atoms in total. The van der Waals surface area contributed by atoms with Crippen LogP contribution in [0.3, 0.4) is 0 Å². The minimum Gasteiger partial charge on any atom is -0.402 e. The fourth-order valence-corrected chi connectivity index (χ4v) is 6.36. The molecule has 1 heterocycles. The number of hydrogen-bond acceptors (Lipinski definition) is 7. The summed E-state index contributed by atoms with van der Waals surface area (Å²) in [6.07, 6.45) is -2.20. The second kappa shape index (κ2) is 11.6. The molecule has 2 fully saturated rings. The molecule has 0 unspecified atom stereocenters. The first-order valence-corrected chi connectivity index (χ1v) is 14.6. The van der Waals surface area contributed by atoms with E-state index < -0.39 is 50.0 Å². The van der Waals surface area contributed by atoms with Gasteiger partial charge in [-0.05, 0) is 57.1 Å². The van der Waals surface area contributed by atoms with Crippen LogP contribution in [-0.2, 0) is 20.8 Å². The van der Waals surface area contributed by atoms with E-state index in [0.29, 0.717) is 30.3 Å². The molecule has 1 aliphatic heterocycles. The van der Waals surface area contributed by atoms with Crippen molar-refractivity contribution in [1.29, 1.82) is 0 Å². The first kappa shape index (κ1) is 30.8. The number of nitrogens with two attached hydrogens (primary N) is 1. The number of anilines is 1. The van der Waals surface area contributed by atoms with Crippen molar-refractivity contribution in [3.05, 3.63) is 65.9 Å². The van der Waals surface area contributed by atoms with E-state index >= 15 is 0 Å². The Morgan fingerprint density at radius 3 is 2.33 bits per heavy atom. The van der Waals surface area contributed by atoms with Crippen LogP contribution in [0.5, 0.6) is 0 Å². The smallest absolute Gasteiger partial charge is 0.402 e. The lowest BCUT2D eigenvalue weighted by Gasteiger charge is -2.31. The predicted molar refractivity (Wildman–Crippen MR) is 151 cm³/mol. The number of hydrazine groups is 1. The third-order valence-corrected chi connectivity index (χ3v) is 8.97. The van der Waals surface area contributed by atoms with Crippen LogP contribution in [0.4, 0.5) is 29.3 Å². The topological polar surface area (TPSA) is 149 Å². The third kappa shape index (κ3) is 6.85.